The van der Waals surface area contributed by atoms with E-state index in [4.69, 9.17) is 10.2 Å². The van der Waals surface area contributed by atoms with Crippen LogP contribution in [-0.4, -0.2) is 15.8 Å². The molecule has 11 aromatic rings. The van der Waals surface area contributed by atoms with Gasteiger partial charge in [-0.05, 0) is 107 Å². The predicted molar refractivity (Wildman–Crippen MR) is 282 cm³/mol. The molecular formula is C62H49BN2O. The second-order valence-electron chi connectivity index (χ2n) is 19.9. The van der Waals surface area contributed by atoms with E-state index in [0.717, 1.165) is 82.1 Å². The van der Waals surface area contributed by atoms with E-state index in [0.29, 0.717) is 17.2 Å². The number of rotatable bonds is 2. The number of aromatic nitrogens is 2. The van der Waals surface area contributed by atoms with Gasteiger partial charge in [-0.3, -0.25) is 0 Å². The molecule has 0 fully saturated rings. The first-order valence-electron chi connectivity index (χ1n) is 26.7. The van der Waals surface area contributed by atoms with Crippen LogP contribution in [0.4, 0.5) is 0 Å². The maximum Gasteiger partial charge on any atom is 0.256 e. The normalized spacial score (nSPS) is 14.8. The molecule has 0 unspecified atom stereocenters. The van der Waals surface area contributed by atoms with Crippen LogP contribution in [0.15, 0.2) is 188 Å². The molecule has 13 rings (SSSR count). The van der Waals surface area contributed by atoms with Gasteiger partial charge in [-0.25, -0.2) is 0 Å². The summed E-state index contributed by atoms with van der Waals surface area (Å²) in [4.78, 5) is 0. The highest BCUT2D eigenvalue weighted by atomic mass is 16.5. The quantitative estimate of drug-likeness (QED) is 0.159. The van der Waals surface area contributed by atoms with Gasteiger partial charge in [0, 0.05) is 38.8 Å². The lowest BCUT2D eigenvalue weighted by Crippen LogP contribution is -2.58. The number of benzene rings is 9. The number of fused-ring (bicyclic) bond motifs is 14. The SMILES string of the molecule is [2H]c1c([2H])c([2H])c2c(c1[2H])c1c([2H])c([2H])c([2H])c([2H])c1n2-c1cc2c3c(c1)-n1c4ccccc4c4ccccc4c4ccccc4c4cc(-c5cccc(C(C)(C)C)c5)cc(c41)B3c1ccc(C(C)(C)C)cc1O2. The van der Waals surface area contributed by atoms with Gasteiger partial charge in [-0.15, -0.1) is 0 Å². The van der Waals surface area contributed by atoms with E-state index in [-0.39, 0.29) is 63.5 Å². The summed E-state index contributed by atoms with van der Waals surface area (Å²) in [5.74, 6) is 1.20. The van der Waals surface area contributed by atoms with Gasteiger partial charge in [-0.1, -0.05) is 187 Å². The third-order valence-corrected chi connectivity index (χ3v) is 13.9. The summed E-state index contributed by atoms with van der Waals surface area (Å²) in [5.41, 5.74) is 10.2. The highest BCUT2D eigenvalue weighted by Crippen LogP contribution is 2.42. The van der Waals surface area contributed by atoms with Crippen molar-refractivity contribution in [3.63, 3.8) is 0 Å². The fourth-order valence-corrected chi connectivity index (χ4v) is 10.7. The monoisotopic (exact) mass is 856 g/mol. The zero-order valence-corrected chi connectivity index (χ0v) is 37.7. The van der Waals surface area contributed by atoms with Gasteiger partial charge in [0.1, 0.15) is 11.5 Å². The summed E-state index contributed by atoms with van der Waals surface area (Å²) in [6.07, 6.45) is 0. The number of ether oxygens (including phenoxy) is 1. The highest BCUT2D eigenvalue weighted by molar-refractivity contribution is 6.99. The molecule has 9 aromatic carbocycles. The topological polar surface area (TPSA) is 19.1 Å². The van der Waals surface area contributed by atoms with Crippen LogP contribution < -0.4 is 21.1 Å². The van der Waals surface area contributed by atoms with Crippen molar-refractivity contribution in [2.75, 3.05) is 0 Å². The maximum absolute atomic E-state index is 9.50. The van der Waals surface area contributed by atoms with Gasteiger partial charge < -0.3 is 13.9 Å². The Morgan fingerprint density at radius 2 is 1.03 bits per heavy atom. The molecule has 66 heavy (non-hydrogen) atoms. The Bertz CT molecular complexity index is 4350. The lowest BCUT2D eigenvalue weighted by Gasteiger charge is -2.36. The molecule has 4 heterocycles. The van der Waals surface area contributed by atoms with E-state index in [1.54, 1.807) is 4.57 Å². The van der Waals surface area contributed by atoms with Crippen molar-refractivity contribution in [1.82, 2.24) is 9.13 Å². The van der Waals surface area contributed by atoms with E-state index >= 15 is 0 Å². The smallest absolute Gasteiger partial charge is 0.256 e. The van der Waals surface area contributed by atoms with Crippen LogP contribution in [0, 0.1) is 0 Å². The van der Waals surface area contributed by atoms with E-state index in [1.165, 1.54) is 5.56 Å². The van der Waals surface area contributed by atoms with Crippen molar-refractivity contribution < 1.29 is 15.7 Å². The van der Waals surface area contributed by atoms with Crippen LogP contribution in [-0.2, 0) is 10.8 Å². The zero-order valence-electron chi connectivity index (χ0n) is 45.7. The molecule has 0 radical (unpaired) electrons. The Kier molecular flexibility index (Phi) is 6.64. The third kappa shape index (κ3) is 5.70. The Balaban J connectivity index is 1.31. The average molecular weight is 857 g/mol. The highest BCUT2D eigenvalue weighted by Gasteiger charge is 2.41. The Morgan fingerprint density at radius 3 is 1.70 bits per heavy atom. The third-order valence-electron chi connectivity index (χ3n) is 13.9. The van der Waals surface area contributed by atoms with E-state index in [2.05, 4.69) is 174 Å². The van der Waals surface area contributed by atoms with E-state index in [9.17, 15) is 5.48 Å². The molecule has 4 heteroatoms. The minimum atomic E-state index is -0.491. The minimum absolute atomic E-state index is 0.0142. The van der Waals surface area contributed by atoms with Gasteiger partial charge in [0.15, 0.2) is 0 Å². The second kappa shape index (κ2) is 14.0. The van der Waals surface area contributed by atoms with Crippen LogP contribution in [0.3, 0.4) is 0 Å². The van der Waals surface area contributed by atoms with Gasteiger partial charge in [0.25, 0.3) is 6.71 Å². The van der Waals surface area contributed by atoms with Crippen LogP contribution in [0.1, 0.15) is 63.6 Å². The fraction of sp³-hybridized carbons (Fsp3) is 0.129. The van der Waals surface area contributed by atoms with E-state index in [1.807, 2.05) is 12.1 Å². The molecular weight excluding hydrogens is 800 g/mol. The Labute approximate surface area is 397 Å². The first kappa shape index (κ1) is 31.3. The molecule has 0 bridgehead atoms. The molecule has 316 valence electrons. The summed E-state index contributed by atoms with van der Waals surface area (Å²) in [7, 11) is 0. The van der Waals surface area contributed by atoms with Gasteiger partial charge in [-0.2, -0.15) is 0 Å². The Morgan fingerprint density at radius 1 is 0.439 bits per heavy atom. The van der Waals surface area contributed by atoms with E-state index < -0.39 is 24.2 Å². The lowest BCUT2D eigenvalue weighted by atomic mass is 9.34. The number of para-hydroxylation sites is 3. The molecule has 0 aliphatic carbocycles. The van der Waals surface area contributed by atoms with Gasteiger partial charge in [0.05, 0.1) is 33.2 Å². The number of nitrogens with zero attached hydrogens (tertiary/aromatic N) is 2. The van der Waals surface area contributed by atoms with Crippen LogP contribution in [0.5, 0.6) is 11.5 Å². The second-order valence-corrected chi connectivity index (χ2v) is 19.9. The fourth-order valence-electron chi connectivity index (χ4n) is 10.7. The van der Waals surface area contributed by atoms with Crippen molar-refractivity contribution in [2.45, 2.75) is 52.4 Å². The standard InChI is InChI=1S/C62H49BN2O/c1-61(2,3)40-19-17-18-38(32-40)39-33-50-46-23-10-8-21-44(46)43-20-7-9-22-45(43)47-24-11-16-29-55(47)65-56-36-42(64-53-27-14-12-25-48(53)49-26-13-15-28-54(49)64)37-58-59(56)63(52(34-39)60(50)65)51-31-30-41(62(4,5)6)35-57(51)66-58/h7-37H,1-6H3/i12D,13D,14D,15D,25D,26D,27D,28D. The lowest BCUT2D eigenvalue weighted by molar-refractivity contribution is 0.483. The molecule has 0 spiro atoms. The van der Waals surface area contributed by atoms with Crippen LogP contribution in [0.25, 0.3) is 87.7 Å². The summed E-state index contributed by atoms with van der Waals surface area (Å²) in [6.45, 7) is 12.9. The van der Waals surface area contributed by atoms with Gasteiger partial charge >= 0.3 is 0 Å². The summed E-state index contributed by atoms with van der Waals surface area (Å²) in [6, 6.07) is 46.2. The number of hydrogen-bond acceptors (Lipinski definition) is 1. The first-order chi connectivity index (χ1) is 35.3. The summed E-state index contributed by atoms with van der Waals surface area (Å²) in [5, 5.41) is 6.28. The molecule has 0 N–H and O–H groups in total. The molecule has 0 amide bonds. The maximum atomic E-state index is 9.50. The predicted octanol–water partition coefficient (Wildman–Crippen LogP) is 14.5. The first-order valence-corrected chi connectivity index (χ1v) is 22.7. The average Bonchev–Trinajstić information content (AvgIpc) is 3.80. The van der Waals surface area contributed by atoms with Crippen molar-refractivity contribution in [2.24, 2.45) is 0 Å². The number of hydrogen-bond donors (Lipinski definition) is 0. The van der Waals surface area contributed by atoms with Crippen molar-refractivity contribution >= 4 is 88.3 Å². The van der Waals surface area contributed by atoms with Crippen molar-refractivity contribution in [3.05, 3.63) is 199 Å². The Hall–Kier alpha value is -7.56. The molecule has 2 aliphatic rings. The summed E-state index contributed by atoms with van der Waals surface area (Å²) < 4.78 is 84.2. The molecule has 0 saturated carbocycles. The largest absolute Gasteiger partial charge is 0.458 e. The van der Waals surface area contributed by atoms with Crippen LogP contribution >= 0.6 is 0 Å². The van der Waals surface area contributed by atoms with Gasteiger partial charge in [0.2, 0.25) is 0 Å². The van der Waals surface area contributed by atoms with Crippen molar-refractivity contribution in [1.29, 1.82) is 0 Å². The summed E-state index contributed by atoms with van der Waals surface area (Å²) >= 11 is 0. The molecule has 2 aromatic heterocycles. The molecule has 2 aliphatic heterocycles. The van der Waals surface area contributed by atoms with Crippen molar-refractivity contribution in [3.8, 4) is 34.0 Å². The molecule has 3 nitrogen and oxygen atoms in total. The molecule has 0 saturated heterocycles. The zero-order chi connectivity index (χ0) is 51.6. The molecule has 0 atom stereocenters. The minimum Gasteiger partial charge on any atom is -0.458 e. The van der Waals surface area contributed by atoms with Crippen LogP contribution in [0.2, 0.25) is 0 Å².